The zero-order chi connectivity index (χ0) is 4.41. The molecule has 0 bridgehead atoms. The molecule has 0 saturated carbocycles. The van der Waals surface area contributed by atoms with Gasteiger partial charge in [0.2, 0.25) is 5.91 Å². The van der Waals surface area contributed by atoms with Gasteiger partial charge in [-0.3, -0.25) is 4.79 Å². The van der Waals surface area contributed by atoms with Crippen LogP contribution < -0.4 is 5.32 Å². The summed E-state index contributed by atoms with van der Waals surface area (Å²) in [6.45, 7) is 0.888. The maximum Gasteiger partial charge on any atom is 1.00 e. The van der Waals surface area contributed by atoms with Crippen LogP contribution in [0.5, 0.6) is 0 Å². The largest absolute Gasteiger partial charge is 1.00 e. The minimum Gasteiger partial charge on any atom is -0.356 e. The first-order chi connectivity index (χ1) is 2.89. The molecule has 1 N–H and O–H groups in total. The van der Waals surface area contributed by atoms with E-state index in [0.717, 1.165) is 19.4 Å². The molecule has 1 heterocycles. The van der Waals surface area contributed by atoms with Crippen LogP contribution in [0.4, 0.5) is 0 Å². The van der Waals surface area contributed by atoms with Gasteiger partial charge in [-0.15, -0.1) is 0 Å². The summed E-state index contributed by atoms with van der Waals surface area (Å²) in [5, 5.41) is 2.68. The summed E-state index contributed by atoms with van der Waals surface area (Å²) in [6.07, 6.45) is 1.76. The van der Waals surface area contributed by atoms with Crippen LogP contribution >= 0.6 is 0 Å². The second kappa shape index (κ2) is 3.24. The van der Waals surface area contributed by atoms with E-state index in [0.29, 0.717) is 0 Å². The van der Waals surface area contributed by atoms with Gasteiger partial charge in [-0.25, -0.2) is 0 Å². The predicted molar refractivity (Wildman–Crippen MR) is 22.2 cm³/mol. The molecule has 0 radical (unpaired) electrons. The summed E-state index contributed by atoms with van der Waals surface area (Å²) >= 11 is 0. The van der Waals surface area contributed by atoms with Gasteiger partial charge in [0, 0.05) is 13.0 Å². The van der Waals surface area contributed by atoms with Crippen LogP contribution in [-0.4, -0.2) is 12.5 Å². The van der Waals surface area contributed by atoms with E-state index in [9.17, 15) is 4.79 Å². The maximum atomic E-state index is 10.1. The molecule has 0 atom stereocenters. The predicted octanol–water partition coefficient (Wildman–Crippen LogP) is -0.106. The van der Waals surface area contributed by atoms with E-state index < -0.39 is 0 Å². The standard InChI is InChI=1S/C4H7NO.Ag/c6-4-2-1-3-5-4;/h1-3H2,(H,5,6);/q;+1. The number of carbonyl (C=O) groups excluding carboxylic acids is 1. The van der Waals surface area contributed by atoms with Gasteiger partial charge in [0.25, 0.3) is 0 Å². The Morgan fingerprint density at radius 2 is 2.29 bits per heavy atom. The van der Waals surface area contributed by atoms with Crippen LogP contribution in [-0.2, 0) is 27.2 Å². The summed E-state index contributed by atoms with van der Waals surface area (Å²) in [6, 6.07) is 0. The molecule has 7 heavy (non-hydrogen) atoms. The molecule has 1 saturated heterocycles. The zero-order valence-electron chi connectivity index (χ0n) is 3.83. The summed E-state index contributed by atoms with van der Waals surface area (Å²) < 4.78 is 0. The Morgan fingerprint density at radius 3 is 2.43 bits per heavy atom. The molecule has 0 aromatic heterocycles. The third kappa shape index (κ3) is 2.12. The fraction of sp³-hybridized carbons (Fsp3) is 0.750. The first-order valence-electron chi connectivity index (χ1n) is 2.16. The van der Waals surface area contributed by atoms with Gasteiger partial charge in [-0.2, -0.15) is 0 Å². The molecule has 3 heteroatoms. The van der Waals surface area contributed by atoms with Crippen molar-refractivity contribution in [2.45, 2.75) is 12.8 Å². The first-order valence-corrected chi connectivity index (χ1v) is 2.16. The quantitative estimate of drug-likeness (QED) is 0.534. The zero-order valence-corrected chi connectivity index (χ0v) is 5.31. The van der Waals surface area contributed by atoms with Crippen molar-refractivity contribution < 1.29 is 27.2 Å². The van der Waals surface area contributed by atoms with Gasteiger partial charge < -0.3 is 5.32 Å². The normalized spacial score (nSPS) is 18.0. The molecule has 1 aliphatic rings. The van der Waals surface area contributed by atoms with Gasteiger partial charge >= 0.3 is 22.4 Å². The average Bonchev–Trinajstić information content (AvgIpc) is 1.86. The molecule has 1 aliphatic heterocycles. The van der Waals surface area contributed by atoms with Gasteiger partial charge in [0.05, 0.1) is 0 Å². The Bertz CT molecular complexity index is 66.1. The van der Waals surface area contributed by atoms with Crippen LogP contribution in [0.25, 0.3) is 0 Å². The number of amides is 1. The second-order valence-corrected chi connectivity index (χ2v) is 1.45. The van der Waals surface area contributed by atoms with Crippen molar-refractivity contribution in [3.8, 4) is 0 Å². The SMILES string of the molecule is O=C1CCCN1.[Ag+]. The van der Waals surface area contributed by atoms with Crippen molar-refractivity contribution in [2.24, 2.45) is 0 Å². The van der Waals surface area contributed by atoms with Crippen LogP contribution in [0.15, 0.2) is 0 Å². The molecular weight excluding hydrogens is 186 g/mol. The summed E-state index contributed by atoms with van der Waals surface area (Å²) in [7, 11) is 0. The van der Waals surface area contributed by atoms with Crippen molar-refractivity contribution >= 4 is 5.91 Å². The molecule has 2 nitrogen and oxygen atoms in total. The Labute approximate surface area is 58.2 Å². The van der Waals surface area contributed by atoms with Gasteiger partial charge in [-0.05, 0) is 6.42 Å². The van der Waals surface area contributed by atoms with E-state index in [1.165, 1.54) is 0 Å². The summed E-state index contributed by atoms with van der Waals surface area (Å²) in [5.41, 5.74) is 0. The molecule has 44 valence electrons. The van der Waals surface area contributed by atoms with Crippen molar-refractivity contribution in [2.75, 3.05) is 6.54 Å². The van der Waals surface area contributed by atoms with Gasteiger partial charge in [0.1, 0.15) is 0 Å². The van der Waals surface area contributed by atoms with E-state index in [1.807, 2.05) is 0 Å². The second-order valence-electron chi connectivity index (χ2n) is 1.45. The van der Waals surface area contributed by atoms with E-state index >= 15 is 0 Å². The smallest absolute Gasteiger partial charge is 0.356 e. The van der Waals surface area contributed by atoms with E-state index in [2.05, 4.69) is 5.32 Å². The fourth-order valence-corrected chi connectivity index (χ4v) is 0.565. The molecule has 1 amide bonds. The number of nitrogens with one attached hydrogen (secondary N) is 1. The molecule has 0 aliphatic carbocycles. The van der Waals surface area contributed by atoms with E-state index in [1.54, 1.807) is 0 Å². The summed E-state index contributed by atoms with van der Waals surface area (Å²) in [5.74, 6) is 0.204. The Kier molecular flexibility index (Phi) is 3.34. The van der Waals surface area contributed by atoms with Crippen LogP contribution in [0, 0.1) is 0 Å². The van der Waals surface area contributed by atoms with E-state index in [4.69, 9.17) is 0 Å². The minimum atomic E-state index is 0. The van der Waals surface area contributed by atoms with Crippen molar-refractivity contribution in [3.05, 3.63) is 0 Å². The first kappa shape index (κ1) is 7.21. The third-order valence-corrected chi connectivity index (χ3v) is 0.903. The Balaban J connectivity index is 0.000000360. The maximum absolute atomic E-state index is 10.1. The van der Waals surface area contributed by atoms with Crippen LogP contribution in [0.2, 0.25) is 0 Å². The number of hydrogen-bond donors (Lipinski definition) is 1. The fourth-order valence-electron chi connectivity index (χ4n) is 0.565. The van der Waals surface area contributed by atoms with Crippen LogP contribution in [0.1, 0.15) is 12.8 Å². The number of carbonyl (C=O) groups is 1. The molecule has 0 spiro atoms. The monoisotopic (exact) mass is 192 g/mol. The molecule has 0 aromatic rings. The number of hydrogen-bond acceptors (Lipinski definition) is 1. The van der Waals surface area contributed by atoms with Gasteiger partial charge in [-0.1, -0.05) is 0 Å². The number of rotatable bonds is 0. The molecule has 0 aromatic carbocycles. The Hall–Kier alpha value is 0.210. The summed E-state index contributed by atoms with van der Waals surface area (Å²) in [4.78, 5) is 10.1. The van der Waals surface area contributed by atoms with Crippen molar-refractivity contribution in [3.63, 3.8) is 0 Å². The average molecular weight is 193 g/mol. The molecule has 0 unspecified atom stereocenters. The van der Waals surface area contributed by atoms with Crippen molar-refractivity contribution in [1.82, 2.24) is 5.32 Å². The molecule has 1 rings (SSSR count). The Morgan fingerprint density at radius 1 is 1.57 bits per heavy atom. The van der Waals surface area contributed by atoms with E-state index in [-0.39, 0.29) is 28.3 Å². The minimum absolute atomic E-state index is 0. The van der Waals surface area contributed by atoms with Crippen molar-refractivity contribution in [1.29, 1.82) is 0 Å². The molecule has 1 fully saturated rings. The molecular formula is C4H7AgNO+. The topological polar surface area (TPSA) is 29.1 Å². The van der Waals surface area contributed by atoms with Gasteiger partial charge in [0.15, 0.2) is 0 Å². The third-order valence-electron chi connectivity index (χ3n) is 0.903. The van der Waals surface area contributed by atoms with Crippen LogP contribution in [0.3, 0.4) is 0 Å².